The molecule has 0 aliphatic carbocycles. The number of esters is 1. The predicted molar refractivity (Wildman–Crippen MR) is 72.4 cm³/mol. The maximum atomic E-state index is 11.6. The lowest BCUT2D eigenvalue weighted by Crippen LogP contribution is -2.52. The van der Waals surface area contributed by atoms with Crippen LogP contribution < -0.4 is 5.32 Å². The molecule has 0 aromatic heterocycles. The van der Waals surface area contributed by atoms with Crippen LogP contribution in [0, 0.1) is 0 Å². The van der Waals surface area contributed by atoms with Crippen molar-refractivity contribution in [2.45, 2.75) is 32.4 Å². The second kappa shape index (κ2) is 7.44. The SMILES string of the molecule is COC(=O)C1COCCN1CCNC(=O)OC(C)(C)C. The summed E-state index contributed by atoms with van der Waals surface area (Å²) in [6, 6.07) is -0.408. The minimum Gasteiger partial charge on any atom is -0.468 e. The van der Waals surface area contributed by atoms with E-state index < -0.39 is 17.7 Å². The number of carbonyl (C=O) groups excluding carboxylic acids is 2. The second-order valence-electron chi connectivity index (χ2n) is 5.58. The van der Waals surface area contributed by atoms with Crippen LogP contribution in [-0.2, 0) is 19.0 Å². The molecule has 1 aliphatic heterocycles. The Bertz CT molecular complexity index is 340. The van der Waals surface area contributed by atoms with Crippen molar-refractivity contribution >= 4 is 12.1 Å². The van der Waals surface area contributed by atoms with E-state index in [1.165, 1.54) is 7.11 Å². The minimum absolute atomic E-state index is 0.318. The molecule has 1 fully saturated rings. The van der Waals surface area contributed by atoms with Crippen LogP contribution in [0.2, 0.25) is 0 Å². The fourth-order valence-corrected chi connectivity index (χ4v) is 1.87. The summed E-state index contributed by atoms with van der Waals surface area (Å²) < 4.78 is 15.2. The summed E-state index contributed by atoms with van der Waals surface area (Å²) in [7, 11) is 1.36. The number of alkyl carbamates (subject to hydrolysis) is 1. The van der Waals surface area contributed by atoms with Gasteiger partial charge in [0.1, 0.15) is 11.6 Å². The molecule has 0 aromatic rings. The van der Waals surface area contributed by atoms with Crippen LogP contribution in [0.5, 0.6) is 0 Å². The number of hydrogen-bond donors (Lipinski definition) is 1. The summed E-state index contributed by atoms with van der Waals surface area (Å²) in [6.07, 6.45) is -0.458. The molecular weight excluding hydrogens is 264 g/mol. The fourth-order valence-electron chi connectivity index (χ4n) is 1.87. The van der Waals surface area contributed by atoms with Crippen LogP contribution >= 0.6 is 0 Å². The van der Waals surface area contributed by atoms with Gasteiger partial charge in [0.25, 0.3) is 0 Å². The van der Waals surface area contributed by atoms with Gasteiger partial charge in [0.2, 0.25) is 0 Å². The lowest BCUT2D eigenvalue weighted by molar-refractivity contribution is -0.153. The standard InChI is InChI=1S/C13H24N2O5/c1-13(2,3)20-12(17)14-5-6-15-7-8-19-9-10(15)11(16)18-4/h10H,5-9H2,1-4H3,(H,14,17). The molecule has 20 heavy (non-hydrogen) atoms. The van der Waals surface area contributed by atoms with Gasteiger partial charge in [-0.2, -0.15) is 0 Å². The summed E-state index contributed by atoms with van der Waals surface area (Å²) in [6.45, 7) is 7.89. The Labute approximate surface area is 119 Å². The Hall–Kier alpha value is -1.34. The minimum atomic E-state index is -0.516. The highest BCUT2D eigenvalue weighted by atomic mass is 16.6. The Morgan fingerprint density at radius 2 is 2.10 bits per heavy atom. The van der Waals surface area contributed by atoms with Gasteiger partial charge in [0.15, 0.2) is 0 Å². The molecule has 0 radical (unpaired) electrons. The zero-order chi connectivity index (χ0) is 15.2. The Morgan fingerprint density at radius 3 is 2.70 bits per heavy atom. The second-order valence-corrected chi connectivity index (χ2v) is 5.58. The first-order valence-electron chi connectivity index (χ1n) is 6.70. The summed E-state index contributed by atoms with van der Waals surface area (Å²) >= 11 is 0. The predicted octanol–water partition coefficient (Wildman–Crippen LogP) is 0.385. The molecule has 1 saturated heterocycles. The zero-order valence-electron chi connectivity index (χ0n) is 12.6. The Morgan fingerprint density at radius 1 is 1.40 bits per heavy atom. The molecular formula is C13H24N2O5. The maximum absolute atomic E-state index is 11.6. The van der Waals surface area contributed by atoms with Crippen LogP contribution in [-0.4, -0.2) is 68.6 Å². The molecule has 1 heterocycles. The fraction of sp³-hybridized carbons (Fsp3) is 0.846. The summed E-state index contributed by atoms with van der Waals surface area (Å²) in [5, 5.41) is 2.67. The average Bonchev–Trinajstić information content (AvgIpc) is 2.36. The van der Waals surface area contributed by atoms with Gasteiger partial charge in [0.05, 0.1) is 20.3 Å². The van der Waals surface area contributed by atoms with Gasteiger partial charge in [-0.1, -0.05) is 0 Å². The molecule has 1 amide bonds. The van der Waals surface area contributed by atoms with Crippen molar-refractivity contribution in [2.75, 3.05) is 40.0 Å². The van der Waals surface area contributed by atoms with E-state index in [9.17, 15) is 9.59 Å². The molecule has 1 rings (SSSR count). The molecule has 0 aromatic carbocycles. The average molecular weight is 288 g/mol. The highest BCUT2D eigenvalue weighted by molar-refractivity contribution is 5.76. The van der Waals surface area contributed by atoms with E-state index in [-0.39, 0.29) is 5.97 Å². The van der Waals surface area contributed by atoms with Gasteiger partial charge < -0.3 is 19.5 Å². The third-order valence-electron chi connectivity index (χ3n) is 2.78. The number of nitrogens with zero attached hydrogens (tertiary/aromatic N) is 1. The van der Waals surface area contributed by atoms with Crippen LogP contribution in [0.4, 0.5) is 4.79 Å². The molecule has 7 nitrogen and oxygen atoms in total. The molecule has 1 aliphatic rings. The van der Waals surface area contributed by atoms with Crippen molar-refractivity contribution in [3.05, 3.63) is 0 Å². The normalized spacial score (nSPS) is 20.3. The monoisotopic (exact) mass is 288 g/mol. The summed E-state index contributed by atoms with van der Waals surface area (Å²) in [4.78, 5) is 25.0. The first-order chi connectivity index (χ1) is 9.33. The highest BCUT2D eigenvalue weighted by Gasteiger charge is 2.29. The van der Waals surface area contributed by atoms with E-state index in [1.807, 2.05) is 25.7 Å². The zero-order valence-corrected chi connectivity index (χ0v) is 12.6. The molecule has 1 atom stereocenters. The number of rotatable bonds is 4. The number of hydrogen-bond acceptors (Lipinski definition) is 6. The number of amides is 1. The van der Waals surface area contributed by atoms with Crippen LogP contribution in [0.25, 0.3) is 0 Å². The largest absolute Gasteiger partial charge is 0.468 e. The van der Waals surface area contributed by atoms with E-state index in [1.54, 1.807) is 0 Å². The van der Waals surface area contributed by atoms with Crippen molar-refractivity contribution in [1.29, 1.82) is 0 Å². The molecule has 1 N–H and O–H groups in total. The van der Waals surface area contributed by atoms with Crippen molar-refractivity contribution in [3.8, 4) is 0 Å². The number of nitrogens with one attached hydrogen (secondary N) is 1. The number of morpholine rings is 1. The highest BCUT2D eigenvalue weighted by Crippen LogP contribution is 2.08. The first kappa shape index (κ1) is 16.7. The van der Waals surface area contributed by atoms with E-state index >= 15 is 0 Å². The molecule has 0 bridgehead atoms. The third kappa shape index (κ3) is 5.75. The maximum Gasteiger partial charge on any atom is 0.407 e. The topological polar surface area (TPSA) is 77.1 Å². The molecule has 0 saturated carbocycles. The Balaban J connectivity index is 2.35. The van der Waals surface area contributed by atoms with Crippen molar-refractivity contribution in [3.63, 3.8) is 0 Å². The lowest BCUT2D eigenvalue weighted by atomic mass is 10.2. The molecule has 116 valence electrons. The number of ether oxygens (including phenoxy) is 3. The van der Waals surface area contributed by atoms with E-state index in [0.717, 1.165) is 0 Å². The quantitative estimate of drug-likeness (QED) is 0.754. The van der Waals surface area contributed by atoms with E-state index in [4.69, 9.17) is 14.2 Å². The van der Waals surface area contributed by atoms with Crippen molar-refractivity contribution in [1.82, 2.24) is 10.2 Å². The summed E-state index contributed by atoms with van der Waals surface area (Å²) in [5.41, 5.74) is -0.516. The number of carbonyl (C=O) groups is 2. The van der Waals surface area contributed by atoms with Gasteiger partial charge in [-0.15, -0.1) is 0 Å². The van der Waals surface area contributed by atoms with Gasteiger partial charge in [-0.25, -0.2) is 4.79 Å². The van der Waals surface area contributed by atoms with Gasteiger partial charge in [0, 0.05) is 19.6 Å². The smallest absolute Gasteiger partial charge is 0.407 e. The first-order valence-corrected chi connectivity index (χ1v) is 6.70. The van der Waals surface area contributed by atoms with Gasteiger partial charge >= 0.3 is 12.1 Å². The molecule has 1 unspecified atom stereocenters. The van der Waals surface area contributed by atoms with Gasteiger partial charge in [-0.3, -0.25) is 9.69 Å². The van der Waals surface area contributed by atoms with Crippen LogP contribution in [0.15, 0.2) is 0 Å². The van der Waals surface area contributed by atoms with Gasteiger partial charge in [-0.05, 0) is 20.8 Å². The van der Waals surface area contributed by atoms with Crippen molar-refractivity contribution < 1.29 is 23.8 Å². The lowest BCUT2D eigenvalue weighted by Gasteiger charge is -2.33. The Kier molecular flexibility index (Phi) is 6.22. The van der Waals surface area contributed by atoms with E-state index in [2.05, 4.69) is 5.32 Å². The van der Waals surface area contributed by atoms with E-state index in [0.29, 0.717) is 32.8 Å². The van der Waals surface area contributed by atoms with Crippen LogP contribution in [0.1, 0.15) is 20.8 Å². The molecule has 0 spiro atoms. The van der Waals surface area contributed by atoms with Crippen molar-refractivity contribution in [2.24, 2.45) is 0 Å². The van der Waals surface area contributed by atoms with Crippen LogP contribution in [0.3, 0.4) is 0 Å². The third-order valence-corrected chi connectivity index (χ3v) is 2.78. The molecule has 7 heteroatoms. The number of methoxy groups -OCH3 is 1. The summed E-state index contributed by atoms with van der Waals surface area (Å²) in [5.74, 6) is -0.318.